The molecule has 0 aromatic carbocycles. The molecule has 1 heterocycles. The lowest BCUT2D eigenvalue weighted by Crippen LogP contribution is -2.50. The average Bonchev–Trinajstić information content (AvgIpc) is 2.86. The fourth-order valence-electron chi connectivity index (χ4n) is 1.51. The molecule has 6 heteroatoms. The smallest absolute Gasteiger partial charge is 0.287 e. The number of hydrogen-bond acceptors (Lipinski definition) is 4. The molecule has 0 aliphatic heterocycles. The maximum atomic E-state index is 11.9. The quantitative estimate of drug-likeness (QED) is 0.702. The highest BCUT2D eigenvalue weighted by atomic mass is 16.3. The molecule has 0 spiro atoms. The van der Waals surface area contributed by atoms with E-state index in [1.165, 1.54) is 12.3 Å². The first kappa shape index (κ1) is 15.2. The Labute approximate surface area is 112 Å². The van der Waals surface area contributed by atoms with Crippen LogP contribution in [0.2, 0.25) is 0 Å². The van der Waals surface area contributed by atoms with Crippen LogP contribution < -0.4 is 10.6 Å². The van der Waals surface area contributed by atoms with Crippen molar-refractivity contribution in [1.29, 1.82) is 0 Å². The number of aliphatic hydroxyl groups excluding tert-OH is 1. The molecule has 2 amide bonds. The average molecular weight is 268 g/mol. The topological polar surface area (TPSA) is 91.6 Å². The highest BCUT2D eigenvalue weighted by Gasteiger charge is 2.25. The van der Waals surface area contributed by atoms with Gasteiger partial charge in [-0.05, 0) is 25.0 Å². The normalized spacial score (nSPS) is 13.9. The molecular formula is C13H20N2O4. The van der Waals surface area contributed by atoms with Crippen molar-refractivity contribution in [3.05, 3.63) is 24.2 Å². The van der Waals surface area contributed by atoms with E-state index in [0.29, 0.717) is 0 Å². The van der Waals surface area contributed by atoms with Gasteiger partial charge >= 0.3 is 0 Å². The van der Waals surface area contributed by atoms with Crippen LogP contribution in [0.25, 0.3) is 0 Å². The van der Waals surface area contributed by atoms with E-state index in [2.05, 4.69) is 10.6 Å². The summed E-state index contributed by atoms with van der Waals surface area (Å²) < 4.78 is 4.97. The van der Waals surface area contributed by atoms with Gasteiger partial charge in [-0.1, -0.05) is 13.8 Å². The Kier molecular flexibility index (Phi) is 5.57. The van der Waals surface area contributed by atoms with E-state index in [1.54, 1.807) is 13.0 Å². The Bertz CT molecular complexity index is 412. The molecule has 0 bridgehead atoms. The van der Waals surface area contributed by atoms with Crippen molar-refractivity contribution < 1.29 is 19.1 Å². The predicted molar refractivity (Wildman–Crippen MR) is 69.5 cm³/mol. The van der Waals surface area contributed by atoms with Gasteiger partial charge in [0.15, 0.2) is 5.76 Å². The Morgan fingerprint density at radius 3 is 2.53 bits per heavy atom. The lowest BCUT2D eigenvalue weighted by molar-refractivity contribution is -0.124. The van der Waals surface area contributed by atoms with Gasteiger partial charge in [-0.3, -0.25) is 9.59 Å². The number of carbonyl (C=O) groups is 2. The summed E-state index contributed by atoms with van der Waals surface area (Å²) in [6, 6.07) is 2.46. The van der Waals surface area contributed by atoms with Crippen molar-refractivity contribution in [1.82, 2.24) is 10.6 Å². The molecule has 6 nitrogen and oxygen atoms in total. The zero-order chi connectivity index (χ0) is 14.4. The van der Waals surface area contributed by atoms with E-state index in [1.807, 2.05) is 13.8 Å². The molecule has 0 aliphatic carbocycles. The van der Waals surface area contributed by atoms with Crippen molar-refractivity contribution in [3.8, 4) is 0 Å². The fraction of sp³-hybridized carbons (Fsp3) is 0.538. The Balaban J connectivity index is 2.62. The number of nitrogens with one attached hydrogen (secondary N) is 2. The van der Waals surface area contributed by atoms with Crippen LogP contribution in [-0.2, 0) is 4.79 Å². The first-order valence-electron chi connectivity index (χ1n) is 6.22. The highest BCUT2D eigenvalue weighted by Crippen LogP contribution is 2.05. The molecule has 0 saturated carbocycles. The largest absolute Gasteiger partial charge is 0.459 e. The van der Waals surface area contributed by atoms with Crippen molar-refractivity contribution >= 4 is 11.8 Å². The van der Waals surface area contributed by atoms with Gasteiger partial charge < -0.3 is 20.2 Å². The Hall–Kier alpha value is -1.82. The molecule has 3 N–H and O–H groups in total. The number of aliphatic hydroxyl groups is 1. The number of rotatable bonds is 6. The van der Waals surface area contributed by atoms with Gasteiger partial charge in [0.1, 0.15) is 6.04 Å². The Morgan fingerprint density at radius 1 is 1.37 bits per heavy atom. The SMILES string of the molecule is CC(O)CNC(=O)C(NC(=O)c1ccco1)C(C)C. The number of carbonyl (C=O) groups excluding carboxylic acids is 2. The molecule has 2 unspecified atom stereocenters. The van der Waals surface area contributed by atoms with Gasteiger partial charge in [-0.15, -0.1) is 0 Å². The van der Waals surface area contributed by atoms with Gasteiger partial charge in [0.25, 0.3) is 5.91 Å². The molecule has 0 fully saturated rings. The van der Waals surface area contributed by atoms with Crippen LogP contribution in [0.1, 0.15) is 31.3 Å². The summed E-state index contributed by atoms with van der Waals surface area (Å²) in [6.07, 6.45) is 0.768. The second-order valence-corrected chi connectivity index (χ2v) is 4.77. The second-order valence-electron chi connectivity index (χ2n) is 4.77. The van der Waals surface area contributed by atoms with E-state index in [-0.39, 0.29) is 24.1 Å². The lowest BCUT2D eigenvalue weighted by atomic mass is 10.0. The minimum atomic E-state index is -0.670. The maximum absolute atomic E-state index is 11.9. The van der Waals surface area contributed by atoms with Crippen molar-refractivity contribution in [2.45, 2.75) is 32.9 Å². The third kappa shape index (κ3) is 4.75. The van der Waals surface area contributed by atoms with E-state index >= 15 is 0 Å². The third-order valence-electron chi connectivity index (χ3n) is 2.55. The molecule has 1 aromatic rings. The van der Waals surface area contributed by atoms with Crippen LogP contribution in [-0.4, -0.2) is 35.6 Å². The summed E-state index contributed by atoms with van der Waals surface area (Å²) >= 11 is 0. The fourth-order valence-corrected chi connectivity index (χ4v) is 1.51. The van der Waals surface area contributed by atoms with Gasteiger partial charge in [0.05, 0.1) is 12.4 Å². The maximum Gasteiger partial charge on any atom is 0.287 e. The monoisotopic (exact) mass is 268 g/mol. The zero-order valence-electron chi connectivity index (χ0n) is 11.3. The van der Waals surface area contributed by atoms with Crippen LogP contribution in [0.3, 0.4) is 0 Å². The van der Waals surface area contributed by atoms with Crippen LogP contribution in [0.5, 0.6) is 0 Å². The van der Waals surface area contributed by atoms with Crippen LogP contribution in [0.15, 0.2) is 22.8 Å². The highest BCUT2D eigenvalue weighted by molar-refractivity contribution is 5.95. The van der Waals surface area contributed by atoms with E-state index < -0.39 is 18.1 Å². The van der Waals surface area contributed by atoms with Crippen molar-refractivity contribution in [3.63, 3.8) is 0 Å². The first-order chi connectivity index (χ1) is 8.91. The lowest BCUT2D eigenvalue weighted by Gasteiger charge is -2.21. The summed E-state index contributed by atoms with van der Waals surface area (Å²) in [7, 11) is 0. The molecule has 1 rings (SSSR count). The summed E-state index contributed by atoms with van der Waals surface area (Å²) in [5, 5.41) is 14.3. The number of hydrogen-bond donors (Lipinski definition) is 3. The van der Waals surface area contributed by atoms with Gasteiger partial charge in [-0.2, -0.15) is 0 Å². The molecule has 19 heavy (non-hydrogen) atoms. The minimum absolute atomic E-state index is 0.0760. The molecule has 0 aliphatic rings. The molecular weight excluding hydrogens is 248 g/mol. The van der Waals surface area contributed by atoms with Gasteiger partial charge in [0, 0.05) is 6.54 Å². The van der Waals surface area contributed by atoms with Crippen molar-refractivity contribution in [2.24, 2.45) is 5.92 Å². The molecule has 0 saturated heterocycles. The van der Waals surface area contributed by atoms with E-state index in [0.717, 1.165) is 0 Å². The molecule has 0 radical (unpaired) electrons. The van der Waals surface area contributed by atoms with Crippen LogP contribution in [0.4, 0.5) is 0 Å². The van der Waals surface area contributed by atoms with E-state index in [4.69, 9.17) is 9.52 Å². The minimum Gasteiger partial charge on any atom is -0.459 e. The predicted octanol–water partition coefficient (Wildman–Crippen LogP) is 0.531. The summed E-state index contributed by atoms with van der Waals surface area (Å²) in [5.74, 6) is -0.673. The van der Waals surface area contributed by atoms with Crippen molar-refractivity contribution in [2.75, 3.05) is 6.54 Å². The first-order valence-corrected chi connectivity index (χ1v) is 6.22. The summed E-state index contributed by atoms with van der Waals surface area (Å²) in [6.45, 7) is 5.38. The molecule has 2 atom stereocenters. The Morgan fingerprint density at radius 2 is 2.05 bits per heavy atom. The number of furan rings is 1. The van der Waals surface area contributed by atoms with Crippen LogP contribution >= 0.6 is 0 Å². The molecule has 1 aromatic heterocycles. The third-order valence-corrected chi connectivity index (χ3v) is 2.55. The summed E-state index contributed by atoms with van der Waals surface area (Å²) in [4.78, 5) is 23.8. The van der Waals surface area contributed by atoms with Gasteiger partial charge in [0.2, 0.25) is 5.91 Å². The number of amides is 2. The van der Waals surface area contributed by atoms with Crippen LogP contribution in [0, 0.1) is 5.92 Å². The molecule has 106 valence electrons. The van der Waals surface area contributed by atoms with Gasteiger partial charge in [-0.25, -0.2) is 0 Å². The standard InChI is InChI=1S/C13H20N2O4/c1-8(2)11(13(18)14-7-9(3)16)15-12(17)10-5-4-6-19-10/h4-6,8-9,11,16H,7H2,1-3H3,(H,14,18)(H,15,17). The second kappa shape index (κ2) is 6.94. The summed E-state index contributed by atoms with van der Waals surface area (Å²) in [5.41, 5.74) is 0. The van der Waals surface area contributed by atoms with E-state index in [9.17, 15) is 9.59 Å². The zero-order valence-corrected chi connectivity index (χ0v) is 11.3.